The molecule has 3 heterocycles. The smallest absolute Gasteiger partial charge is 0.232 e. The first-order valence-electron chi connectivity index (χ1n) is 13.4. The molecule has 0 spiro atoms. The first kappa shape index (κ1) is 27.1. The summed E-state index contributed by atoms with van der Waals surface area (Å²) in [6, 6.07) is 12.1. The Morgan fingerprint density at radius 1 is 1.11 bits per heavy atom. The molecular weight excluding hydrogens is 534 g/mol. The molecule has 0 amide bonds. The van der Waals surface area contributed by atoms with Crippen LogP contribution in [0.15, 0.2) is 59.0 Å². The molecule has 38 heavy (non-hydrogen) atoms. The Balaban J connectivity index is 1.33. The van der Waals surface area contributed by atoms with Crippen LogP contribution in [0, 0.1) is 5.92 Å². The molecule has 1 aliphatic heterocycles. The third-order valence-electron chi connectivity index (χ3n) is 7.47. The number of nitrogens with zero attached hydrogens (tertiary/aromatic N) is 5. The largest absolute Gasteiger partial charge is 0.361 e. The fourth-order valence-corrected chi connectivity index (χ4v) is 6.59. The number of hydrogen-bond donors (Lipinski definition) is 2. The maximum absolute atomic E-state index is 6.37. The van der Waals surface area contributed by atoms with Gasteiger partial charge in [-0.15, -0.1) is 0 Å². The highest BCUT2D eigenvalue weighted by atomic mass is 35.5. The standard InChI is InChI=1S/C28H34ClN7S2/c1-20-8-6-15-36(18-20)23-17-24(38-27-30-13-7-14-31-27)34-25(33-23)35-26(37)32-19-28(11-3-2-4-12-28)21-9-5-10-22(29)16-21/h5,7,9-10,13-14,16-17,20H,2-4,6,8,11-12,15,18-19H2,1H3,(H2,32,33,34,35,37). The molecule has 200 valence electrons. The quantitative estimate of drug-likeness (QED) is 0.189. The minimum atomic E-state index is 0.00714. The van der Waals surface area contributed by atoms with Crippen LogP contribution in [0.3, 0.4) is 0 Å². The van der Waals surface area contributed by atoms with Crippen LogP contribution < -0.4 is 15.5 Å². The number of hydrogen-bond acceptors (Lipinski definition) is 7. The Kier molecular flexibility index (Phi) is 8.97. The second-order valence-electron chi connectivity index (χ2n) is 10.4. The fraction of sp³-hybridized carbons (Fsp3) is 0.464. The van der Waals surface area contributed by atoms with Crippen molar-refractivity contribution in [3.8, 4) is 0 Å². The molecule has 2 aliphatic rings. The van der Waals surface area contributed by atoms with Crippen molar-refractivity contribution in [2.24, 2.45) is 5.92 Å². The SMILES string of the molecule is CC1CCCN(c2cc(Sc3ncccn3)nc(NC(=S)NCC3(c4cccc(Cl)c4)CCCCC3)n2)C1. The van der Waals surface area contributed by atoms with E-state index in [9.17, 15) is 0 Å². The number of benzene rings is 1. The Hall–Kier alpha value is -2.49. The highest BCUT2D eigenvalue weighted by Gasteiger charge is 2.34. The molecule has 2 aromatic heterocycles. The maximum Gasteiger partial charge on any atom is 0.232 e. The third-order valence-corrected chi connectivity index (χ3v) is 8.76. The van der Waals surface area contributed by atoms with E-state index in [1.165, 1.54) is 43.0 Å². The van der Waals surface area contributed by atoms with E-state index in [-0.39, 0.29) is 5.41 Å². The first-order valence-corrected chi connectivity index (χ1v) is 15.0. The molecule has 3 aromatic rings. The molecule has 0 bridgehead atoms. The molecular formula is C28H34ClN7S2. The van der Waals surface area contributed by atoms with Crippen molar-refractivity contribution in [3.05, 3.63) is 59.4 Å². The molecule has 1 aromatic carbocycles. The van der Waals surface area contributed by atoms with Crippen LogP contribution in [0.25, 0.3) is 0 Å². The lowest BCUT2D eigenvalue weighted by molar-refractivity contribution is 0.292. The maximum atomic E-state index is 6.37. The number of thiocarbonyl (C=S) groups is 1. The van der Waals surface area contributed by atoms with E-state index < -0.39 is 0 Å². The van der Waals surface area contributed by atoms with E-state index in [1.807, 2.05) is 24.3 Å². The zero-order valence-electron chi connectivity index (χ0n) is 21.7. The van der Waals surface area contributed by atoms with Gasteiger partial charge in [-0.05, 0) is 79.3 Å². The molecule has 7 nitrogen and oxygen atoms in total. The number of rotatable bonds is 7. The average Bonchev–Trinajstić information content (AvgIpc) is 2.93. The van der Waals surface area contributed by atoms with Gasteiger partial charge >= 0.3 is 0 Å². The van der Waals surface area contributed by atoms with Crippen molar-refractivity contribution in [1.82, 2.24) is 25.3 Å². The number of nitrogens with one attached hydrogen (secondary N) is 2. The lowest BCUT2D eigenvalue weighted by Gasteiger charge is -2.38. The molecule has 1 atom stereocenters. The zero-order chi connectivity index (χ0) is 26.4. The van der Waals surface area contributed by atoms with Gasteiger partial charge in [0.25, 0.3) is 0 Å². The zero-order valence-corrected chi connectivity index (χ0v) is 24.1. The molecule has 2 N–H and O–H groups in total. The Morgan fingerprint density at radius 3 is 2.68 bits per heavy atom. The van der Waals surface area contributed by atoms with Crippen LogP contribution in [0.5, 0.6) is 0 Å². The predicted octanol–water partition coefficient (Wildman–Crippen LogP) is 6.50. The summed E-state index contributed by atoms with van der Waals surface area (Å²) in [5, 5.41) is 9.49. The van der Waals surface area contributed by atoms with Crippen molar-refractivity contribution in [2.45, 2.75) is 67.5 Å². The van der Waals surface area contributed by atoms with Crippen LogP contribution in [-0.2, 0) is 5.41 Å². The predicted molar refractivity (Wildman–Crippen MR) is 159 cm³/mol. The second-order valence-corrected chi connectivity index (χ2v) is 12.2. The van der Waals surface area contributed by atoms with Gasteiger partial charge in [0.1, 0.15) is 10.8 Å². The Labute approximate surface area is 239 Å². The van der Waals surface area contributed by atoms with Crippen LogP contribution in [-0.4, -0.2) is 44.7 Å². The summed E-state index contributed by atoms with van der Waals surface area (Å²) in [6.45, 7) is 4.99. The van der Waals surface area contributed by atoms with Gasteiger partial charge in [0.2, 0.25) is 5.95 Å². The van der Waals surface area contributed by atoms with Crippen LogP contribution >= 0.6 is 35.6 Å². The van der Waals surface area contributed by atoms with Crippen LogP contribution in [0.2, 0.25) is 5.02 Å². The summed E-state index contributed by atoms with van der Waals surface area (Å²) in [6.07, 6.45) is 11.8. The first-order chi connectivity index (χ1) is 18.5. The van der Waals surface area contributed by atoms with Gasteiger partial charge in [-0.1, -0.05) is 49.9 Å². The molecule has 2 fully saturated rings. The van der Waals surface area contributed by atoms with Gasteiger partial charge < -0.3 is 15.5 Å². The van der Waals surface area contributed by atoms with Gasteiger partial charge in [-0.25, -0.2) is 15.0 Å². The molecule has 1 unspecified atom stereocenters. The van der Waals surface area contributed by atoms with Crippen molar-refractivity contribution in [1.29, 1.82) is 0 Å². The van der Waals surface area contributed by atoms with E-state index in [2.05, 4.69) is 44.6 Å². The summed E-state index contributed by atoms with van der Waals surface area (Å²) < 4.78 is 0. The summed E-state index contributed by atoms with van der Waals surface area (Å²) in [4.78, 5) is 20.7. The van der Waals surface area contributed by atoms with E-state index in [0.29, 0.717) is 22.1 Å². The Bertz CT molecular complexity index is 1240. The fourth-order valence-electron chi connectivity index (χ4n) is 5.52. The lowest BCUT2D eigenvalue weighted by atomic mass is 9.69. The normalized spacial score (nSPS) is 19.1. The monoisotopic (exact) mass is 567 g/mol. The molecule has 1 saturated heterocycles. The average molecular weight is 568 g/mol. The highest BCUT2D eigenvalue weighted by molar-refractivity contribution is 7.99. The summed E-state index contributed by atoms with van der Waals surface area (Å²) in [7, 11) is 0. The number of anilines is 2. The Morgan fingerprint density at radius 2 is 1.92 bits per heavy atom. The van der Waals surface area contributed by atoms with Gasteiger partial charge in [-0.3, -0.25) is 0 Å². The van der Waals surface area contributed by atoms with E-state index in [4.69, 9.17) is 33.8 Å². The number of halogens is 1. The van der Waals surface area contributed by atoms with Crippen molar-refractivity contribution in [2.75, 3.05) is 29.9 Å². The highest BCUT2D eigenvalue weighted by Crippen LogP contribution is 2.40. The minimum Gasteiger partial charge on any atom is -0.361 e. The van der Waals surface area contributed by atoms with Gasteiger partial charge in [-0.2, -0.15) is 4.98 Å². The summed E-state index contributed by atoms with van der Waals surface area (Å²) in [5.74, 6) is 2.01. The molecule has 0 radical (unpaired) electrons. The summed E-state index contributed by atoms with van der Waals surface area (Å²) in [5.41, 5.74) is 1.28. The summed E-state index contributed by atoms with van der Waals surface area (Å²) >= 11 is 13.5. The van der Waals surface area contributed by atoms with Crippen LogP contribution in [0.4, 0.5) is 11.8 Å². The van der Waals surface area contributed by atoms with Gasteiger partial charge in [0, 0.05) is 48.5 Å². The molecule has 1 saturated carbocycles. The van der Waals surface area contributed by atoms with Gasteiger partial charge in [0.15, 0.2) is 10.3 Å². The van der Waals surface area contributed by atoms with E-state index in [0.717, 1.165) is 54.8 Å². The molecule has 10 heteroatoms. The van der Waals surface area contributed by atoms with Gasteiger partial charge in [0.05, 0.1) is 0 Å². The second kappa shape index (κ2) is 12.6. The van der Waals surface area contributed by atoms with E-state index >= 15 is 0 Å². The van der Waals surface area contributed by atoms with Crippen molar-refractivity contribution in [3.63, 3.8) is 0 Å². The lowest BCUT2D eigenvalue weighted by Crippen LogP contribution is -2.43. The number of aromatic nitrogens is 4. The van der Waals surface area contributed by atoms with E-state index in [1.54, 1.807) is 12.4 Å². The molecule has 1 aliphatic carbocycles. The topological polar surface area (TPSA) is 78.9 Å². The van der Waals surface area contributed by atoms with Crippen LogP contribution in [0.1, 0.15) is 57.4 Å². The minimum absolute atomic E-state index is 0.00714. The third kappa shape index (κ3) is 6.93. The van der Waals surface area contributed by atoms with Crippen molar-refractivity contribution < 1.29 is 0 Å². The number of piperidine rings is 1. The van der Waals surface area contributed by atoms with Crippen molar-refractivity contribution >= 4 is 52.5 Å². The molecule has 5 rings (SSSR count).